The van der Waals surface area contributed by atoms with E-state index in [0.717, 1.165) is 18.2 Å². The van der Waals surface area contributed by atoms with Crippen molar-refractivity contribution in [2.45, 2.75) is 24.1 Å². The molecule has 0 fully saturated rings. The second-order valence-corrected chi connectivity index (χ2v) is 11.2. The van der Waals surface area contributed by atoms with Crippen LogP contribution in [0.1, 0.15) is 28.5 Å². The van der Waals surface area contributed by atoms with E-state index in [4.69, 9.17) is 15.2 Å². The zero-order chi connectivity index (χ0) is 33.6. The Hall–Kier alpha value is -5.56. The topological polar surface area (TPSA) is 137 Å². The van der Waals surface area contributed by atoms with Gasteiger partial charge in [-0.3, -0.25) is 14.6 Å². The molecule has 9 nitrogen and oxygen atoms in total. The molecule has 2 amide bonds. The molecule has 3 heterocycles. The molecule has 2 aromatic heterocycles. The predicted octanol–water partition coefficient (Wildman–Crippen LogP) is 5.54. The first kappa shape index (κ1) is 31.4. The number of hydrogen-bond acceptors (Lipinski definition) is 7. The van der Waals surface area contributed by atoms with Gasteiger partial charge in [-0.1, -0.05) is 24.3 Å². The number of hydrogen-bond donors (Lipinski definition) is 3. The van der Waals surface area contributed by atoms with E-state index < -0.39 is 47.1 Å². The van der Waals surface area contributed by atoms with Crippen LogP contribution in [0.3, 0.4) is 0 Å². The van der Waals surface area contributed by atoms with Gasteiger partial charge in [0.25, 0.3) is 5.91 Å². The molecule has 4 N–H and O–H groups in total. The van der Waals surface area contributed by atoms with Crippen LogP contribution in [0.25, 0.3) is 22.2 Å². The first-order valence-electron chi connectivity index (χ1n) is 14.2. The number of nitrogens with zero attached hydrogens (tertiary/aromatic N) is 2. The normalized spacial score (nSPS) is 17.0. The number of nitrogens with one attached hydrogen (secondary N) is 1. The van der Waals surface area contributed by atoms with E-state index in [1.54, 1.807) is 42.5 Å². The minimum Gasteiger partial charge on any atom is -0.489 e. The van der Waals surface area contributed by atoms with Crippen LogP contribution in [0.15, 0.2) is 91.1 Å². The Labute approximate surface area is 265 Å². The summed E-state index contributed by atoms with van der Waals surface area (Å²) in [5.74, 6) is -1.87. The number of halogens is 4. The first-order valence-corrected chi connectivity index (χ1v) is 14.2. The maximum Gasteiger partial charge on any atom is 0.424 e. The zero-order valence-corrected chi connectivity index (χ0v) is 24.6. The maximum atomic E-state index is 14.8. The first-order chi connectivity index (χ1) is 22.3. The van der Waals surface area contributed by atoms with Gasteiger partial charge in [0.1, 0.15) is 40.5 Å². The number of para-hydroxylation sites is 1. The number of amides is 2. The van der Waals surface area contributed by atoms with E-state index in [1.807, 2.05) is 0 Å². The number of benzene rings is 3. The van der Waals surface area contributed by atoms with Gasteiger partial charge in [0.15, 0.2) is 5.75 Å². The number of rotatable bonds is 8. The highest BCUT2D eigenvalue weighted by atomic mass is 19.4. The van der Waals surface area contributed by atoms with E-state index in [9.17, 15) is 32.3 Å². The van der Waals surface area contributed by atoms with Crippen LogP contribution in [0.4, 0.5) is 17.6 Å². The lowest BCUT2D eigenvalue weighted by atomic mass is 9.81. The highest BCUT2D eigenvalue weighted by molar-refractivity contribution is 6.00. The molecular weight excluding hydrogens is 620 g/mol. The molecule has 0 saturated carbocycles. The Morgan fingerprint density at radius 3 is 2.45 bits per heavy atom. The zero-order valence-electron chi connectivity index (χ0n) is 24.6. The van der Waals surface area contributed by atoms with Crippen molar-refractivity contribution in [1.29, 1.82) is 0 Å². The van der Waals surface area contributed by atoms with Crippen molar-refractivity contribution < 1.29 is 41.7 Å². The number of ether oxygens (including phenoxy) is 2. The van der Waals surface area contributed by atoms with Crippen molar-refractivity contribution in [1.82, 2.24) is 15.3 Å². The van der Waals surface area contributed by atoms with Crippen LogP contribution in [0.5, 0.6) is 17.2 Å². The van der Waals surface area contributed by atoms with Crippen LogP contribution in [-0.2, 0) is 15.8 Å². The molecule has 0 spiro atoms. The molecule has 3 aromatic carbocycles. The molecule has 47 heavy (non-hydrogen) atoms. The van der Waals surface area contributed by atoms with Crippen LogP contribution >= 0.6 is 0 Å². The summed E-state index contributed by atoms with van der Waals surface area (Å²) in [6, 6.07) is 20.3. The smallest absolute Gasteiger partial charge is 0.424 e. The Balaban J connectivity index is 1.40. The summed E-state index contributed by atoms with van der Waals surface area (Å²) < 4.78 is 69.8. The van der Waals surface area contributed by atoms with Gasteiger partial charge >= 0.3 is 6.18 Å². The van der Waals surface area contributed by atoms with Gasteiger partial charge in [0.05, 0.1) is 12.2 Å². The van der Waals surface area contributed by atoms with E-state index >= 15 is 0 Å². The third-order valence-corrected chi connectivity index (χ3v) is 8.03. The lowest BCUT2D eigenvalue weighted by molar-refractivity contribution is -0.265. The quantitative estimate of drug-likeness (QED) is 0.188. The molecule has 6 rings (SSSR count). The highest BCUT2D eigenvalue weighted by Crippen LogP contribution is 2.47. The summed E-state index contributed by atoms with van der Waals surface area (Å²) >= 11 is 0. The number of pyridine rings is 2. The van der Waals surface area contributed by atoms with E-state index in [0.29, 0.717) is 16.7 Å². The Bertz CT molecular complexity index is 2010. The van der Waals surface area contributed by atoms with Gasteiger partial charge in [-0.2, -0.15) is 13.2 Å². The van der Waals surface area contributed by atoms with E-state index in [2.05, 4.69) is 15.3 Å². The SMILES string of the molecule is C[C@]1(C(N)=O)COc2c1cc(C(O)(CNC(=O)c1cc(Oc3ccccc3)c3ncccc3c1)C(F)(F)F)nc2-c1ccc(F)cc1. The monoisotopic (exact) mass is 646 g/mol. The number of aliphatic hydroxyl groups is 1. The number of carbonyl (C=O) groups excluding carboxylic acids is 2. The number of primary amides is 1. The van der Waals surface area contributed by atoms with Crippen LogP contribution in [0, 0.1) is 5.82 Å². The molecule has 1 unspecified atom stereocenters. The summed E-state index contributed by atoms with van der Waals surface area (Å²) in [5.41, 5.74) is -0.373. The number of carbonyl (C=O) groups is 2. The van der Waals surface area contributed by atoms with Gasteiger partial charge in [-0.05, 0) is 67.6 Å². The fourth-order valence-electron chi connectivity index (χ4n) is 5.23. The highest BCUT2D eigenvalue weighted by Gasteiger charge is 2.57. The van der Waals surface area contributed by atoms with Gasteiger partial charge in [0, 0.05) is 28.3 Å². The molecular formula is C34H26F4N4O5. The Kier molecular flexibility index (Phi) is 7.80. The second-order valence-electron chi connectivity index (χ2n) is 11.2. The van der Waals surface area contributed by atoms with Crippen molar-refractivity contribution in [2.75, 3.05) is 13.2 Å². The fraction of sp³-hybridized carbons (Fsp3) is 0.176. The Morgan fingerprint density at radius 2 is 1.77 bits per heavy atom. The maximum absolute atomic E-state index is 14.8. The minimum atomic E-state index is -5.38. The van der Waals surface area contributed by atoms with Gasteiger partial charge in [0.2, 0.25) is 11.5 Å². The lowest BCUT2D eigenvalue weighted by Gasteiger charge is -2.31. The predicted molar refractivity (Wildman–Crippen MR) is 162 cm³/mol. The second kappa shape index (κ2) is 11.7. The largest absolute Gasteiger partial charge is 0.489 e. The number of aromatic nitrogens is 2. The molecule has 1 aliphatic heterocycles. The van der Waals surface area contributed by atoms with Crippen LogP contribution in [-0.4, -0.2) is 46.2 Å². The molecule has 2 atom stereocenters. The van der Waals surface area contributed by atoms with Crippen molar-refractivity contribution in [3.8, 4) is 28.5 Å². The average Bonchev–Trinajstić information content (AvgIpc) is 3.41. The molecule has 13 heteroatoms. The minimum absolute atomic E-state index is 0.0362. The Morgan fingerprint density at radius 1 is 1.04 bits per heavy atom. The summed E-state index contributed by atoms with van der Waals surface area (Å²) in [6.45, 7) is -0.280. The third-order valence-electron chi connectivity index (χ3n) is 8.03. The van der Waals surface area contributed by atoms with E-state index in [1.165, 1.54) is 37.4 Å². The summed E-state index contributed by atoms with van der Waals surface area (Å²) in [7, 11) is 0. The number of nitrogens with two attached hydrogens (primary N) is 1. The number of fused-ring (bicyclic) bond motifs is 2. The molecule has 0 saturated heterocycles. The van der Waals surface area contributed by atoms with Crippen molar-refractivity contribution in [3.05, 3.63) is 114 Å². The third kappa shape index (κ3) is 5.69. The van der Waals surface area contributed by atoms with Gasteiger partial charge < -0.3 is 25.6 Å². The van der Waals surface area contributed by atoms with E-state index in [-0.39, 0.29) is 40.5 Å². The van der Waals surface area contributed by atoms with Crippen LogP contribution in [0.2, 0.25) is 0 Å². The molecule has 1 aliphatic rings. The van der Waals surface area contributed by atoms with Crippen LogP contribution < -0.4 is 20.5 Å². The summed E-state index contributed by atoms with van der Waals surface area (Å²) in [5, 5.41) is 14.0. The van der Waals surface area contributed by atoms with Crippen molar-refractivity contribution in [3.63, 3.8) is 0 Å². The van der Waals surface area contributed by atoms with Crippen molar-refractivity contribution >= 4 is 22.7 Å². The summed E-state index contributed by atoms with van der Waals surface area (Å²) in [6.07, 6.45) is -3.85. The lowest BCUT2D eigenvalue weighted by Crippen LogP contribution is -2.51. The van der Waals surface area contributed by atoms with Crippen molar-refractivity contribution in [2.24, 2.45) is 5.73 Å². The number of alkyl halides is 3. The van der Waals surface area contributed by atoms with Gasteiger partial charge in [-0.15, -0.1) is 0 Å². The summed E-state index contributed by atoms with van der Waals surface area (Å²) in [4.78, 5) is 34.3. The molecule has 0 radical (unpaired) electrons. The average molecular weight is 647 g/mol. The molecule has 240 valence electrons. The fourth-order valence-corrected chi connectivity index (χ4v) is 5.23. The molecule has 0 aliphatic carbocycles. The van der Waals surface area contributed by atoms with Gasteiger partial charge in [-0.25, -0.2) is 9.37 Å². The standard InChI is InChI=1S/C34H26F4N4O5/c1-32(31(39)44)18-46-29-24(32)16-26(42-28(29)19-9-11-22(35)12-10-19)33(45,34(36,37)38)17-41-30(43)21-14-20-6-5-13-40-27(20)25(15-21)47-23-7-3-2-4-8-23/h2-16,45H,17-18H2,1H3,(H2,39,44)(H,41,43)/t32-,33?/m0/s1. The molecule has 0 bridgehead atoms. The molecule has 5 aromatic rings.